The monoisotopic (exact) mass is 164 g/mol. The van der Waals surface area contributed by atoms with Crippen molar-refractivity contribution in [2.75, 3.05) is 0 Å². The Morgan fingerprint density at radius 2 is 1.90 bits per heavy atom. The molecule has 1 aromatic carbocycles. The van der Waals surface area contributed by atoms with Gasteiger partial charge in [0.15, 0.2) is 11.6 Å². The number of hydrogen-bond donors (Lipinski definition) is 1. The molecular weight excluding hydrogens is 162 g/mol. The van der Waals surface area contributed by atoms with Crippen LogP contribution in [0.15, 0.2) is 12.1 Å². The third kappa shape index (κ3) is 1.04. The zero-order valence-corrected chi connectivity index (χ0v) is 5.49. The average Bonchev–Trinajstić information content (AvgIpc) is 1.93. The molecule has 1 N–H and O–H groups in total. The maximum Gasteiger partial charge on any atom is 0.201 e. The average molecular weight is 165 g/mol. The van der Waals surface area contributed by atoms with E-state index in [2.05, 4.69) is 0 Å². The van der Waals surface area contributed by atoms with E-state index < -0.39 is 17.4 Å². The largest absolute Gasteiger partial charge is 0.504 e. The van der Waals surface area contributed by atoms with Gasteiger partial charge in [0, 0.05) is 0 Å². The Bertz CT molecular complexity index is 235. The van der Waals surface area contributed by atoms with Gasteiger partial charge in [-0.2, -0.15) is 4.39 Å². The predicted octanol–water partition coefficient (Wildman–Crippen LogP) is 2.32. The second kappa shape index (κ2) is 2.42. The van der Waals surface area contributed by atoms with Crippen LogP contribution in [0.1, 0.15) is 0 Å². The van der Waals surface area contributed by atoms with Crippen molar-refractivity contribution in [2.24, 2.45) is 0 Å². The minimum absolute atomic E-state index is 0.195. The second-order valence-electron chi connectivity index (χ2n) is 1.69. The minimum Gasteiger partial charge on any atom is -0.504 e. The lowest BCUT2D eigenvalue weighted by molar-refractivity contribution is 0.407. The van der Waals surface area contributed by atoms with E-state index in [0.29, 0.717) is 0 Å². The van der Waals surface area contributed by atoms with E-state index in [1.807, 2.05) is 0 Å². The van der Waals surface area contributed by atoms with Crippen molar-refractivity contribution in [2.45, 2.75) is 0 Å². The van der Waals surface area contributed by atoms with Crippen molar-refractivity contribution < 1.29 is 13.9 Å². The molecule has 10 heavy (non-hydrogen) atoms. The van der Waals surface area contributed by atoms with Gasteiger partial charge in [0.05, 0.1) is 5.02 Å². The van der Waals surface area contributed by atoms with Gasteiger partial charge in [-0.05, 0) is 12.1 Å². The minimum atomic E-state index is -1.31. The first kappa shape index (κ1) is 7.28. The van der Waals surface area contributed by atoms with Gasteiger partial charge in [0.2, 0.25) is 5.82 Å². The van der Waals surface area contributed by atoms with Crippen LogP contribution < -0.4 is 0 Å². The molecule has 0 spiro atoms. The molecule has 0 aromatic heterocycles. The summed E-state index contributed by atoms with van der Waals surface area (Å²) in [5.74, 6) is -3.27. The van der Waals surface area contributed by atoms with E-state index in [0.717, 1.165) is 12.1 Å². The normalized spacial score (nSPS) is 9.90. The first-order valence-corrected chi connectivity index (χ1v) is 2.83. The molecule has 0 radical (unpaired) electrons. The number of phenolic OH excluding ortho intramolecular Hbond substituents is 1. The highest BCUT2D eigenvalue weighted by Crippen LogP contribution is 2.27. The van der Waals surface area contributed by atoms with Crippen molar-refractivity contribution in [3.63, 3.8) is 0 Å². The SMILES string of the molecule is Oc1c(Cl)ccc(F)c1F. The summed E-state index contributed by atoms with van der Waals surface area (Å²) in [6.45, 7) is 0. The van der Waals surface area contributed by atoms with E-state index in [-0.39, 0.29) is 5.02 Å². The summed E-state index contributed by atoms with van der Waals surface area (Å²) in [4.78, 5) is 0. The van der Waals surface area contributed by atoms with Crippen molar-refractivity contribution in [1.82, 2.24) is 0 Å². The highest BCUT2D eigenvalue weighted by Gasteiger charge is 2.09. The molecule has 0 aliphatic heterocycles. The molecule has 0 bridgehead atoms. The van der Waals surface area contributed by atoms with Crippen LogP contribution in [0, 0.1) is 11.6 Å². The fourth-order valence-electron chi connectivity index (χ4n) is 0.516. The number of halogens is 3. The van der Waals surface area contributed by atoms with Crippen molar-refractivity contribution >= 4 is 11.6 Å². The van der Waals surface area contributed by atoms with Gasteiger partial charge >= 0.3 is 0 Å². The zero-order valence-electron chi connectivity index (χ0n) is 4.74. The maximum absolute atomic E-state index is 12.3. The van der Waals surface area contributed by atoms with Gasteiger partial charge in [-0.15, -0.1) is 0 Å². The lowest BCUT2D eigenvalue weighted by Crippen LogP contribution is -1.83. The summed E-state index contributed by atoms with van der Waals surface area (Å²) in [5, 5.41) is 8.44. The molecule has 0 aliphatic carbocycles. The molecule has 4 heteroatoms. The first-order valence-electron chi connectivity index (χ1n) is 2.45. The van der Waals surface area contributed by atoms with E-state index >= 15 is 0 Å². The zero-order chi connectivity index (χ0) is 7.72. The molecule has 54 valence electrons. The van der Waals surface area contributed by atoms with E-state index in [1.165, 1.54) is 0 Å². The van der Waals surface area contributed by atoms with Crippen LogP contribution in [0.3, 0.4) is 0 Å². The van der Waals surface area contributed by atoms with Gasteiger partial charge in [0.1, 0.15) is 0 Å². The maximum atomic E-state index is 12.3. The molecule has 0 heterocycles. The third-order valence-electron chi connectivity index (χ3n) is 1.02. The molecule has 0 aliphatic rings. The quantitative estimate of drug-likeness (QED) is 0.584. The number of benzene rings is 1. The molecule has 0 amide bonds. The molecule has 1 aromatic rings. The lowest BCUT2D eigenvalue weighted by Gasteiger charge is -1.96. The van der Waals surface area contributed by atoms with E-state index in [4.69, 9.17) is 16.7 Å². The molecule has 0 atom stereocenters. The third-order valence-corrected chi connectivity index (χ3v) is 1.32. The Hall–Kier alpha value is -0.830. The Morgan fingerprint density at radius 3 is 2.40 bits per heavy atom. The van der Waals surface area contributed by atoms with Gasteiger partial charge in [-0.1, -0.05) is 11.6 Å². The summed E-state index contributed by atoms with van der Waals surface area (Å²) in [5.41, 5.74) is 0. The summed E-state index contributed by atoms with van der Waals surface area (Å²) < 4.78 is 24.4. The van der Waals surface area contributed by atoms with Gasteiger partial charge in [-0.25, -0.2) is 4.39 Å². The Balaban J connectivity index is 3.34. The standard InChI is InChI=1S/C6H3ClF2O/c7-3-1-2-4(8)5(9)6(3)10/h1-2,10H. The van der Waals surface area contributed by atoms with E-state index in [9.17, 15) is 8.78 Å². The number of phenols is 1. The van der Waals surface area contributed by atoms with Crippen molar-refractivity contribution in [3.8, 4) is 5.75 Å². The van der Waals surface area contributed by atoms with Gasteiger partial charge in [-0.3, -0.25) is 0 Å². The van der Waals surface area contributed by atoms with E-state index in [1.54, 1.807) is 0 Å². The Morgan fingerprint density at radius 1 is 1.30 bits per heavy atom. The molecule has 0 unspecified atom stereocenters. The van der Waals surface area contributed by atoms with Crippen LogP contribution in [-0.4, -0.2) is 5.11 Å². The van der Waals surface area contributed by atoms with Gasteiger partial charge in [0.25, 0.3) is 0 Å². The number of aromatic hydroxyl groups is 1. The fraction of sp³-hybridized carbons (Fsp3) is 0. The van der Waals surface area contributed by atoms with Crippen LogP contribution >= 0.6 is 11.6 Å². The second-order valence-corrected chi connectivity index (χ2v) is 2.10. The Labute approximate surface area is 60.9 Å². The molecule has 0 saturated heterocycles. The lowest BCUT2D eigenvalue weighted by atomic mass is 10.3. The topological polar surface area (TPSA) is 20.2 Å². The smallest absolute Gasteiger partial charge is 0.201 e. The van der Waals surface area contributed by atoms with Crippen LogP contribution in [0.5, 0.6) is 5.75 Å². The van der Waals surface area contributed by atoms with Crippen LogP contribution in [-0.2, 0) is 0 Å². The van der Waals surface area contributed by atoms with Crippen molar-refractivity contribution in [3.05, 3.63) is 28.8 Å². The van der Waals surface area contributed by atoms with Crippen molar-refractivity contribution in [1.29, 1.82) is 0 Å². The van der Waals surface area contributed by atoms with Crippen LogP contribution in [0.4, 0.5) is 8.78 Å². The highest BCUT2D eigenvalue weighted by atomic mass is 35.5. The fourth-order valence-corrected chi connectivity index (χ4v) is 0.662. The predicted molar refractivity (Wildman–Crippen MR) is 33.0 cm³/mol. The van der Waals surface area contributed by atoms with Crippen LogP contribution in [0.25, 0.3) is 0 Å². The summed E-state index contributed by atoms with van der Waals surface area (Å²) in [6.07, 6.45) is 0. The highest BCUT2D eigenvalue weighted by molar-refractivity contribution is 6.31. The number of rotatable bonds is 0. The molecule has 1 rings (SSSR count). The molecular formula is C6H3ClF2O. The molecule has 1 nitrogen and oxygen atoms in total. The first-order chi connectivity index (χ1) is 4.63. The Kier molecular flexibility index (Phi) is 1.76. The summed E-state index contributed by atoms with van der Waals surface area (Å²) in [7, 11) is 0. The molecule has 0 fully saturated rings. The summed E-state index contributed by atoms with van der Waals surface area (Å²) in [6, 6.07) is 1.92. The van der Waals surface area contributed by atoms with Gasteiger partial charge < -0.3 is 5.11 Å². The van der Waals surface area contributed by atoms with Crippen LogP contribution in [0.2, 0.25) is 5.02 Å². The number of hydrogen-bond acceptors (Lipinski definition) is 1. The summed E-state index contributed by atoms with van der Waals surface area (Å²) >= 11 is 5.23. The molecule has 0 saturated carbocycles.